The Labute approximate surface area is 209 Å². The van der Waals surface area contributed by atoms with Crippen LogP contribution in [0.2, 0.25) is 10.0 Å². The number of hydrogen-bond donors (Lipinski definition) is 3. The highest BCUT2D eigenvalue weighted by molar-refractivity contribution is 6.31. The Kier molecular flexibility index (Phi) is 9.24. The van der Waals surface area contributed by atoms with Crippen molar-refractivity contribution in [3.05, 3.63) is 57.8 Å². The van der Waals surface area contributed by atoms with Crippen molar-refractivity contribution in [2.75, 3.05) is 25.6 Å². The SMILES string of the molecule is CN([C@H](COC(=O)Nc1nc2cc(Cl)ccc2o1)C[C@@H](O)CO)N(C=O)Cc1cccc(F)c1Cl. The molecule has 10 nitrogen and oxygen atoms in total. The summed E-state index contributed by atoms with van der Waals surface area (Å²) in [5.74, 6) is -0.633. The molecular formula is C22H23Cl2FN4O6. The van der Waals surface area contributed by atoms with Crippen LogP contribution in [0.15, 0.2) is 40.8 Å². The lowest BCUT2D eigenvalue weighted by Gasteiger charge is -2.36. The van der Waals surface area contributed by atoms with E-state index in [0.29, 0.717) is 28.1 Å². The Bertz CT molecular complexity index is 1180. The fourth-order valence-corrected chi connectivity index (χ4v) is 3.60. The van der Waals surface area contributed by atoms with Crippen molar-refractivity contribution < 1.29 is 33.3 Å². The number of hydrazine groups is 1. The number of aromatic nitrogens is 1. The summed E-state index contributed by atoms with van der Waals surface area (Å²) in [6, 6.07) is 8.13. The highest BCUT2D eigenvalue weighted by Gasteiger charge is 2.26. The first-order chi connectivity index (χ1) is 16.7. The van der Waals surface area contributed by atoms with Crippen LogP contribution >= 0.6 is 23.2 Å². The largest absolute Gasteiger partial charge is 0.447 e. The molecule has 188 valence electrons. The molecule has 2 amide bonds. The molecule has 0 saturated carbocycles. The molecule has 0 aliphatic carbocycles. The molecule has 0 spiro atoms. The number of hydrogen-bond acceptors (Lipinski definition) is 8. The number of anilines is 1. The van der Waals surface area contributed by atoms with Crippen LogP contribution in [0.1, 0.15) is 12.0 Å². The molecule has 0 unspecified atom stereocenters. The number of carbonyl (C=O) groups is 2. The molecular weight excluding hydrogens is 506 g/mol. The lowest BCUT2D eigenvalue weighted by Crippen LogP contribution is -2.49. The minimum absolute atomic E-state index is 0.0527. The predicted octanol–water partition coefficient (Wildman–Crippen LogP) is 3.44. The van der Waals surface area contributed by atoms with Crippen molar-refractivity contribution >= 4 is 52.8 Å². The van der Waals surface area contributed by atoms with Gasteiger partial charge in [-0.25, -0.2) is 19.5 Å². The van der Waals surface area contributed by atoms with Gasteiger partial charge in [0.05, 0.1) is 30.3 Å². The molecule has 3 aromatic rings. The maximum atomic E-state index is 13.8. The number of rotatable bonds is 11. The third-order valence-corrected chi connectivity index (χ3v) is 5.80. The van der Waals surface area contributed by atoms with Crippen molar-refractivity contribution in [2.45, 2.75) is 25.1 Å². The van der Waals surface area contributed by atoms with Crippen molar-refractivity contribution in [3.8, 4) is 0 Å². The van der Waals surface area contributed by atoms with Crippen LogP contribution in [0.3, 0.4) is 0 Å². The smallest absolute Gasteiger partial charge is 0.415 e. The summed E-state index contributed by atoms with van der Waals surface area (Å²) in [5, 5.41) is 24.5. The van der Waals surface area contributed by atoms with Gasteiger partial charge in [0.15, 0.2) is 5.58 Å². The molecule has 0 radical (unpaired) electrons. The average Bonchev–Trinajstić information content (AvgIpc) is 3.23. The van der Waals surface area contributed by atoms with Crippen LogP contribution in [0, 0.1) is 5.82 Å². The summed E-state index contributed by atoms with van der Waals surface area (Å²) in [7, 11) is 1.52. The van der Waals surface area contributed by atoms with Crippen LogP contribution in [-0.2, 0) is 16.1 Å². The Morgan fingerprint density at radius 2 is 2.11 bits per heavy atom. The van der Waals surface area contributed by atoms with Crippen LogP contribution in [-0.4, -0.2) is 70.1 Å². The lowest BCUT2D eigenvalue weighted by atomic mass is 10.1. The zero-order valence-corrected chi connectivity index (χ0v) is 20.0. The second-order valence-corrected chi connectivity index (χ2v) is 8.38. The number of ether oxygens (including phenoxy) is 1. The van der Waals surface area contributed by atoms with Gasteiger partial charge in [-0.3, -0.25) is 9.80 Å². The highest BCUT2D eigenvalue weighted by Crippen LogP contribution is 2.23. The van der Waals surface area contributed by atoms with E-state index in [1.165, 1.54) is 29.2 Å². The molecule has 2 atom stereocenters. The monoisotopic (exact) mass is 528 g/mol. The summed E-state index contributed by atoms with van der Waals surface area (Å²) >= 11 is 11.9. The summed E-state index contributed by atoms with van der Waals surface area (Å²) in [4.78, 5) is 28.2. The van der Waals surface area contributed by atoms with Gasteiger partial charge in [0, 0.05) is 12.1 Å². The molecule has 0 aliphatic rings. The van der Waals surface area contributed by atoms with Gasteiger partial charge in [-0.05, 0) is 36.2 Å². The van der Waals surface area contributed by atoms with E-state index in [-0.39, 0.29) is 30.6 Å². The summed E-state index contributed by atoms with van der Waals surface area (Å²) in [5.41, 5.74) is 1.20. The zero-order valence-electron chi connectivity index (χ0n) is 18.5. The van der Waals surface area contributed by atoms with E-state index in [9.17, 15) is 24.2 Å². The van der Waals surface area contributed by atoms with Gasteiger partial charge >= 0.3 is 12.1 Å². The summed E-state index contributed by atoms with van der Waals surface area (Å²) in [6.45, 7) is -0.911. The first-order valence-electron chi connectivity index (χ1n) is 10.4. The Balaban J connectivity index is 1.67. The number of carbonyl (C=O) groups excluding carboxylic acids is 2. The fraction of sp³-hybridized carbons (Fsp3) is 0.318. The van der Waals surface area contributed by atoms with E-state index in [1.807, 2.05) is 0 Å². The fourth-order valence-electron chi connectivity index (χ4n) is 3.24. The van der Waals surface area contributed by atoms with Gasteiger partial charge in [0.1, 0.15) is 17.9 Å². The Morgan fingerprint density at radius 3 is 2.83 bits per heavy atom. The lowest BCUT2D eigenvalue weighted by molar-refractivity contribution is -0.141. The zero-order chi connectivity index (χ0) is 25.5. The molecule has 13 heteroatoms. The number of aliphatic hydroxyl groups is 2. The molecule has 3 N–H and O–H groups in total. The third-order valence-electron chi connectivity index (χ3n) is 5.14. The van der Waals surface area contributed by atoms with Crippen LogP contribution in [0.25, 0.3) is 11.1 Å². The quantitative estimate of drug-likeness (QED) is 0.255. The number of amides is 2. The Hall–Kier alpha value is -2.96. The number of benzene rings is 2. The summed E-state index contributed by atoms with van der Waals surface area (Å²) in [6.07, 6.45) is -1.61. The molecule has 2 aromatic carbocycles. The normalized spacial score (nSPS) is 13.0. The van der Waals surface area contributed by atoms with Crippen molar-refractivity contribution in [1.29, 1.82) is 0 Å². The number of nitrogens with one attached hydrogen (secondary N) is 1. The molecule has 0 aliphatic heterocycles. The highest BCUT2D eigenvalue weighted by atomic mass is 35.5. The molecule has 0 saturated heterocycles. The average molecular weight is 529 g/mol. The van der Waals surface area contributed by atoms with Gasteiger partial charge < -0.3 is 19.4 Å². The Morgan fingerprint density at radius 1 is 1.34 bits per heavy atom. The molecule has 35 heavy (non-hydrogen) atoms. The number of fused-ring (bicyclic) bond motifs is 1. The van der Waals surface area contributed by atoms with Gasteiger partial charge in [-0.2, -0.15) is 4.98 Å². The number of likely N-dealkylation sites (N-methyl/N-ethyl adjacent to an activating group) is 1. The van der Waals surface area contributed by atoms with E-state index in [2.05, 4.69) is 10.3 Å². The van der Waals surface area contributed by atoms with Crippen LogP contribution in [0.5, 0.6) is 0 Å². The molecule has 0 fully saturated rings. The third kappa shape index (κ3) is 7.03. The van der Waals surface area contributed by atoms with E-state index in [1.54, 1.807) is 24.3 Å². The number of halogens is 3. The number of nitrogens with zero attached hydrogens (tertiary/aromatic N) is 3. The molecule has 1 heterocycles. The molecule has 0 bridgehead atoms. The van der Waals surface area contributed by atoms with E-state index >= 15 is 0 Å². The van der Waals surface area contributed by atoms with Crippen molar-refractivity contribution in [2.24, 2.45) is 0 Å². The van der Waals surface area contributed by atoms with Gasteiger partial charge in [0.2, 0.25) is 6.41 Å². The number of aliphatic hydroxyl groups excluding tert-OH is 2. The first kappa shape index (κ1) is 26.6. The van der Waals surface area contributed by atoms with E-state index in [4.69, 9.17) is 32.4 Å². The van der Waals surface area contributed by atoms with Gasteiger partial charge in [-0.1, -0.05) is 35.3 Å². The van der Waals surface area contributed by atoms with E-state index < -0.39 is 30.7 Å². The van der Waals surface area contributed by atoms with Gasteiger partial charge in [0.25, 0.3) is 0 Å². The minimum Gasteiger partial charge on any atom is -0.447 e. The van der Waals surface area contributed by atoms with Crippen LogP contribution in [0.4, 0.5) is 15.2 Å². The first-order valence-corrected chi connectivity index (χ1v) is 11.1. The molecule has 1 aromatic heterocycles. The maximum absolute atomic E-state index is 13.8. The van der Waals surface area contributed by atoms with Gasteiger partial charge in [-0.15, -0.1) is 0 Å². The second kappa shape index (κ2) is 12.1. The second-order valence-electron chi connectivity index (χ2n) is 7.57. The predicted molar refractivity (Wildman–Crippen MR) is 126 cm³/mol. The van der Waals surface area contributed by atoms with E-state index in [0.717, 1.165) is 0 Å². The van der Waals surface area contributed by atoms with Crippen molar-refractivity contribution in [3.63, 3.8) is 0 Å². The standard InChI is InChI=1S/C22H23Cl2FN4O6/c1-28(29(12-31)9-13-3-2-4-17(25)20(13)24)15(8-16(32)10-30)11-34-22(33)27-21-26-18-7-14(23)5-6-19(18)35-21/h2-7,12,15-16,30,32H,8-11H2,1H3,(H,26,27,33)/t15-,16+/m0/s1. The van der Waals surface area contributed by atoms with Crippen molar-refractivity contribution in [1.82, 2.24) is 15.0 Å². The maximum Gasteiger partial charge on any atom is 0.415 e. The number of oxazole rings is 1. The topological polar surface area (TPSA) is 128 Å². The minimum atomic E-state index is -1.15. The molecule has 3 rings (SSSR count). The van der Waals surface area contributed by atoms with Crippen LogP contribution < -0.4 is 5.32 Å². The summed E-state index contributed by atoms with van der Waals surface area (Å²) < 4.78 is 24.4.